The Balaban J connectivity index is 1.91. The number of carbonyl (C=O) groups is 1. The highest BCUT2D eigenvalue weighted by atomic mass is 32.2. The Bertz CT molecular complexity index is 1220. The molecule has 0 unspecified atom stereocenters. The van der Waals surface area contributed by atoms with E-state index < -0.39 is 15.9 Å². The molecule has 3 aromatic rings. The molecular formula is C21H24FN3O3S2. The molecule has 0 aliphatic heterocycles. The summed E-state index contributed by atoms with van der Waals surface area (Å²) in [5.41, 5.74) is 0.659. The number of para-hydroxylation sites is 1. The molecule has 1 heterocycles. The molecule has 3 rings (SSSR count). The fourth-order valence-electron chi connectivity index (χ4n) is 3.18. The van der Waals surface area contributed by atoms with Gasteiger partial charge in [-0.15, -0.1) is 0 Å². The summed E-state index contributed by atoms with van der Waals surface area (Å²) in [5.74, 6) is -0.890. The van der Waals surface area contributed by atoms with Crippen LogP contribution in [0.1, 0.15) is 37.0 Å². The number of halogens is 1. The summed E-state index contributed by atoms with van der Waals surface area (Å²) in [6, 6.07) is 10.5. The minimum absolute atomic E-state index is 0.149. The number of carbonyl (C=O) groups excluding carboxylic acids is 1. The molecule has 0 bridgehead atoms. The number of aromatic nitrogens is 1. The molecule has 0 N–H and O–H groups in total. The van der Waals surface area contributed by atoms with E-state index in [1.54, 1.807) is 23.7 Å². The van der Waals surface area contributed by atoms with Crippen LogP contribution < -0.4 is 4.80 Å². The summed E-state index contributed by atoms with van der Waals surface area (Å²) in [4.78, 5) is 17.2. The Morgan fingerprint density at radius 2 is 1.73 bits per heavy atom. The highest BCUT2D eigenvalue weighted by Crippen LogP contribution is 2.20. The maximum Gasteiger partial charge on any atom is 0.279 e. The van der Waals surface area contributed by atoms with Crippen molar-refractivity contribution < 1.29 is 17.6 Å². The molecule has 0 atom stereocenters. The first kappa shape index (κ1) is 22.3. The number of fused-ring (bicyclic) bond motifs is 1. The van der Waals surface area contributed by atoms with Crippen molar-refractivity contribution in [1.82, 2.24) is 8.87 Å². The molecule has 1 aromatic heterocycles. The fraction of sp³-hybridized carbons (Fsp3) is 0.333. The monoisotopic (exact) mass is 449 g/mol. The summed E-state index contributed by atoms with van der Waals surface area (Å²) in [7, 11) is -1.96. The third-order valence-corrected chi connectivity index (χ3v) is 7.67. The van der Waals surface area contributed by atoms with Gasteiger partial charge in [-0.05, 0) is 49.2 Å². The lowest BCUT2D eigenvalue weighted by atomic mass is 10.2. The summed E-state index contributed by atoms with van der Waals surface area (Å²) in [6.07, 6.45) is 1.45. The van der Waals surface area contributed by atoms with Gasteiger partial charge in [-0.1, -0.05) is 31.3 Å². The van der Waals surface area contributed by atoms with E-state index in [1.165, 1.54) is 46.0 Å². The minimum Gasteiger partial charge on any atom is -0.317 e. The number of thiazole rings is 1. The van der Waals surface area contributed by atoms with Crippen molar-refractivity contribution in [3.05, 3.63) is 58.6 Å². The second kappa shape index (κ2) is 9.20. The molecule has 0 aliphatic carbocycles. The van der Waals surface area contributed by atoms with Crippen molar-refractivity contribution in [3.8, 4) is 0 Å². The van der Waals surface area contributed by atoms with E-state index in [0.717, 1.165) is 12.8 Å². The molecule has 1 amide bonds. The van der Waals surface area contributed by atoms with E-state index in [2.05, 4.69) is 4.99 Å². The maximum absolute atomic E-state index is 14.1. The number of aryl methyl sites for hydroxylation is 1. The molecule has 0 spiro atoms. The van der Waals surface area contributed by atoms with Gasteiger partial charge in [0.2, 0.25) is 10.0 Å². The van der Waals surface area contributed by atoms with Crippen LogP contribution in [0.4, 0.5) is 4.39 Å². The highest BCUT2D eigenvalue weighted by molar-refractivity contribution is 7.89. The van der Waals surface area contributed by atoms with Crippen molar-refractivity contribution in [2.75, 3.05) is 13.1 Å². The quantitative estimate of drug-likeness (QED) is 0.549. The first-order valence-corrected chi connectivity index (χ1v) is 12.0. The molecule has 0 radical (unpaired) electrons. The molecule has 160 valence electrons. The zero-order chi connectivity index (χ0) is 21.9. The smallest absolute Gasteiger partial charge is 0.279 e. The topological polar surface area (TPSA) is 71.7 Å². The van der Waals surface area contributed by atoms with Crippen LogP contribution in [0.5, 0.6) is 0 Å². The number of benzene rings is 2. The molecule has 2 aromatic carbocycles. The SMILES string of the molecule is CCCN(CCC)S(=O)(=O)c1ccc(C(=O)N=c2sc3cccc(F)c3n2C)cc1. The van der Waals surface area contributed by atoms with Crippen LogP contribution in [0.3, 0.4) is 0 Å². The molecule has 6 nitrogen and oxygen atoms in total. The van der Waals surface area contributed by atoms with Gasteiger partial charge in [0.1, 0.15) is 5.82 Å². The number of hydrogen-bond acceptors (Lipinski definition) is 4. The normalized spacial score (nSPS) is 12.8. The average Bonchev–Trinajstić information content (AvgIpc) is 3.04. The van der Waals surface area contributed by atoms with Crippen LogP contribution in [0.2, 0.25) is 0 Å². The van der Waals surface area contributed by atoms with E-state index in [0.29, 0.717) is 28.1 Å². The Morgan fingerprint density at radius 3 is 2.30 bits per heavy atom. The van der Waals surface area contributed by atoms with Gasteiger partial charge >= 0.3 is 0 Å². The van der Waals surface area contributed by atoms with Crippen molar-refractivity contribution in [3.63, 3.8) is 0 Å². The molecule has 0 saturated heterocycles. The van der Waals surface area contributed by atoms with Gasteiger partial charge in [-0.3, -0.25) is 4.79 Å². The van der Waals surface area contributed by atoms with Gasteiger partial charge in [0.05, 0.1) is 15.1 Å². The number of amides is 1. The second-order valence-corrected chi connectivity index (χ2v) is 9.82. The van der Waals surface area contributed by atoms with Gasteiger partial charge in [-0.25, -0.2) is 12.8 Å². The summed E-state index contributed by atoms with van der Waals surface area (Å²) < 4.78 is 43.4. The zero-order valence-electron chi connectivity index (χ0n) is 17.1. The van der Waals surface area contributed by atoms with E-state index >= 15 is 0 Å². The van der Waals surface area contributed by atoms with Crippen LogP contribution >= 0.6 is 11.3 Å². The third-order valence-electron chi connectivity index (χ3n) is 4.66. The molecule has 0 fully saturated rings. The lowest BCUT2D eigenvalue weighted by Gasteiger charge is -2.21. The van der Waals surface area contributed by atoms with Gasteiger partial charge in [0, 0.05) is 25.7 Å². The Kier molecular flexibility index (Phi) is 6.84. The largest absolute Gasteiger partial charge is 0.317 e. The van der Waals surface area contributed by atoms with Crippen molar-refractivity contribution in [1.29, 1.82) is 0 Å². The first-order chi connectivity index (χ1) is 14.3. The van der Waals surface area contributed by atoms with Crippen LogP contribution in [-0.4, -0.2) is 36.3 Å². The second-order valence-electron chi connectivity index (χ2n) is 6.88. The van der Waals surface area contributed by atoms with Crippen LogP contribution in [0.25, 0.3) is 10.2 Å². The summed E-state index contributed by atoms with van der Waals surface area (Å²) in [5, 5.41) is 0. The molecule has 30 heavy (non-hydrogen) atoms. The predicted molar refractivity (Wildman–Crippen MR) is 116 cm³/mol. The standard InChI is InChI=1S/C21H24FN3O3S2/c1-4-13-25(14-5-2)30(27,28)16-11-9-15(10-12-16)20(26)23-21-24(3)19-17(22)7-6-8-18(19)29-21/h6-12H,4-5,13-14H2,1-3H3. The van der Waals surface area contributed by atoms with Gasteiger partial charge in [-0.2, -0.15) is 9.30 Å². The molecule has 9 heteroatoms. The Morgan fingerprint density at radius 1 is 1.10 bits per heavy atom. The number of sulfonamides is 1. The van der Waals surface area contributed by atoms with E-state index in [1.807, 2.05) is 13.8 Å². The predicted octanol–water partition coefficient (Wildman–Crippen LogP) is 3.93. The Hall–Kier alpha value is -2.36. The zero-order valence-corrected chi connectivity index (χ0v) is 18.8. The van der Waals surface area contributed by atoms with Crippen LogP contribution in [0, 0.1) is 5.82 Å². The molecular weight excluding hydrogens is 425 g/mol. The van der Waals surface area contributed by atoms with Crippen molar-refractivity contribution in [2.45, 2.75) is 31.6 Å². The van der Waals surface area contributed by atoms with Crippen LogP contribution in [-0.2, 0) is 17.1 Å². The van der Waals surface area contributed by atoms with Gasteiger partial charge in [0.25, 0.3) is 5.91 Å². The molecule has 0 aliphatic rings. The van der Waals surface area contributed by atoms with E-state index in [-0.39, 0.29) is 16.3 Å². The summed E-state index contributed by atoms with van der Waals surface area (Å²) >= 11 is 1.22. The summed E-state index contributed by atoms with van der Waals surface area (Å²) in [6.45, 7) is 4.76. The Labute approximate surface area is 179 Å². The maximum atomic E-state index is 14.1. The average molecular weight is 450 g/mol. The molecule has 0 saturated carbocycles. The number of hydrogen-bond donors (Lipinski definition) is 0. The van der Waals surface area contributed by atoms with E-state index in [4.69, 9.17) is 0 Å². The van der Waals surface area contributed by atoms with Crippen LogP contribution in [0.15, 0.2) is 52.4 Å². The third kappa shape index (κ3) is 4.38. The highest BCUT2D eigenvalue weighted by Gasteiger charge is 2.23. The van der Waals surface area contributed by atoms with Gasteiger partial charge in [0.15, 0.2) is 4.80 Å². The van der Waals surface area contributed by atoms with Crippen molar-refractivity contribution in [2.24, 2.45) is 12.0 Å². The van der Waals surface area contributed by atoms with E-state index in [9.17, 15) is 17.6 Å². The number of nitrogens with zero attached hydrogens (tertiary/aromatic N) is 3. The lowest BCUT2D eigenvalue weighted by molar-refractivity contribution is 0.0998. The first-order valence-electron chi connectivity index (χ1n) is 9.73. The fourth-order valence-corrected chi connectivity index (χ4v) is 5.84. The number of rotatable bonds is 7. The minimum atomic E-state index is -3.61. The lowest BCUT2D eigenvalue weighted by Crippen LogP contribution is -2.32. The van der Waals surface area contributed by atoms with Gasteiger partial charge < -0.3 is 4.57 Å². The van der Waals surface area contributed by atoms with Crippen molar-refractivity contribution >= 4 is 37.5 Å².